The summed E-state index contributed by atoms with van der Waals surface area (Å²) in [5, 5.41) is 0. The first-order chi connectivity index (χ1) is 34.5. The molecule has 1 atom stereocenters. The van der Waals surface area contributed by atoms with Gasteiger partial charge < -0.3 is 14.2 Å². The number of allylic oxidation sites excluding steroid dienone is 12. The molecular weight excluding hydrogens is 865 g/mol. The molecule has 0 rings (SSSR count). The zero-order chi connectivity index (χ0) is 50.7. The lowest BCUT2D eigenvalue weighted by atomic mass is 10.0. The van der Waals surface area contributed by atoms with E-state index in [2.05, 4.69) is 93.7 Å². The summed E-state index contributed by atoms with van der Waals surface area (Å²) in [6.45, 7) is 6.51. The number of unbranched alkanes of at least 4 members (excludes halogenated alkanes) is 31. The van der Waals surface area contributed by atoms with E-state index < -0.39 is 6.10 Å². The summed E-state index contributed by atoms with van der Waals surface area (Å²) < 4.78 is 16.9. The summed E-state index contributed by atoms with van der Waals surface area (Å²) >= 11 is 0. The number of esters is 3. The maximum absolute atomic E-state index is 12.9. The normalized spacial score (nSPS) is 12.6. The van der Waals surface area contributed by atoms with Crippen molar-refractivity contribution in [3.8, 4) is 0 Å². The van der Waals surface area contributed by atoms with Gasteiger partial charge in [-0.1, -0.05) is 261 Å². The number of ether oxygens (including phenoxy) is 3. The first kappa shape index (κ1) is 66.9. The summed E-state index contributed by atoms with van der Waals surface area (Å²) in [7, 11) is 0. The van der Waals surface area contributed by atoms with Gasteiger partial charge in [0.05, 0.1) is 0 Å². The van der Waals surface area contributed by atoms with Gasteiger partial charge in [-0.25, -0.2) is 0 Å². The fourth-order valence-corrected chi connectivity index (χ4v) is 8.47. The predicted octanol–water partition coefficient (Wildman–Crippen LogP) is 20.2. The molecule has 0 aromatic rings. The molecule has 0 heterocycles. The molecule has 0 radical (unpaired) electrons. The van der Waals surface area contributed by atoms with Gasteiger partial charge in [0.2, 0.25) is 0 Å². The van der Waals surface area contributed by atoms with Crippen molar-refractivity contribution in [3.63, 3.8) is 0 Å². The van der Waals surface area contributed by atoms with Gasteiger partial charge in [0, 0.05) is 19.3 Å². The molecule has 0 fully saturated rings. The second-order valence-corrected chi connectivity index (χ2v) is 19.9. The Bertz CT molecular complexity index is 1310. The summed E-state index contributed by atoms with van der Waals surface area (Å²) in [4.78, 5) is 38.2. The number of hydrogen-bond donors (Lipinski definition) is 0. The molecule has 0 aromatic heterocycles. The van der Waals surface area contributed by atoms with Gasteiger partial charge in [-0.15, -0.1) is 0 Å². The molecule has 0 saturated heterocycles. The third-order valence-electron chi connectivity index (χ3n) is 12.9. The summed E-state index contributed by atoms with van der Waals surface area (Å²) in [6.07, 6.45) is 74.6. The maximum Gasteiger partial charge on any atom is 0.306 e. The van der Waals surface area contributed by atoms with Crippen molar-refractivity contribution in [1.82, 2.24) is 0 Å². The van der Waals surface area contributed by atoms with Crippen molar-refractivity contribution in [1.29, 1.82) is 0 Å². The fourth-order valence-electron chi connectivity index (χ4n) is 8.47. The number of carbonyl (C=O) groups is 3. The number of hydrogen-bond acceptors (Lipinski definition) is 6. The van der Waals surface area contributed by atoms with Crippen LogP contribution >= 0.6 is 0 Å². The molecule has 6 nitrogen and oxygen atoms in total. The monoisotopic (exact) mass is 977 g/mol. The van der Waals surface area contributed by atoms with Crippen molar-refractivity contribution < 1.29 is 28.6 Å². The lowest BCUT2D eigenvalue weighted by molar-refractivity contribution is -0.167. The Morgan fingerprint density at radius 2 is 0.557 bits per heavy atom. The predicted molar refractivity (Wildman–Crippen MR) is 302 cm³/mol. The van der Waals surface area contributed by atoms with Gasteiger partial charge in [-0.2, -0.15) is 0 Å². The Morgan fingerprint density at radius 3 is 0.900 bits per heavy atom. The molecular formula is C64H112O6. The topological polar surface area (TPSA) is 78.9 Å². The van der Waals surface area contributed by atoms with Crippen molar-refractivity contribution in [2.24, 2.45) is 0 Å². The summed E-state index contributed by atoms with van der Waals surface area (Å²) in [6, 6.07) is 0. The third kappa shape index (κ3) is 55.8. The highest BCUT2D eigenvalue weighted by Gasteiger charge is 2.19. The van der Waals surface area contributed by atoms with Crippen LogP contribution in [-0.2, 0) is 28.6 Å². The van der Waals surface area contributed by atoms with E-state index in [0.29, 0.717) is 19.3 Å². The molecule has 0 saturated carbocycles. The van der Waals surface area contributed by atoms with Crippen LogP contribution in [-0.4, -0.2) is 37.2 Å². The van der Waals surface area contributed by atoms with E-state index >= 15 is 0 Å². The smallest absolute Gasteiger partial charge is 0.306 e. The molecule has 0 N–H and O–H groups in total. The second-order valence-electron chi connectivity index (χ2n) is 19.9. The average Bonchev–Trinajstić information content (AvgIpc) is 3.36. The van der Waals surface area contributed by atoms with Gasteiger partial charge >= 0.3 is 17.9 Å². The van der Waals surface area contributed by atoms with Crippen LogP contribution in [0.5, 0.6) is 0 Å². The van der Waals surface area contributed by atoms with E-state index in [1.165, 1.54) is 148 Å². The SMILES string of the molecule is CC/C=C\C/C=C\C/C=C\C/C=C\CCCCCCCCCCCCC(=O)OCC(COC(=O)CCCCCCCCCCCCCCCC)OC(=O)CCCCCCC/C=C\C/C=C\CCCCC. The van der Waals surface area contributed by atoms with E-state index in [0.717, 1.165) is 109 Å². The standard InChI is InChI=1S/C64H112O6/c1-4-7-10-13-16-19-22-25-28-29-30-31-32-33-34-35-37-39-42-45-48-51-54-57-63(66)69-60-61(59-68-62(65)56-53-50-47-44-41-38-27-24-21-18-15-12-9-6-3)70-64(67)58-55-52-49-46-43-40-36-26-23-20-17-14-11-8-5-2/h7,10,16-17,19-20,25-26,28,30-31,36,61H,4-6,8-9,11-15,18,21-24,27,29,32-35,37-60H2,1-3H3/b10-7-,19-16-,20-17-,28-25-,31-30-,36-26-. The van der Waals surface area contributed by atoms with E-state index in [1.54, 1.807) is 0 Å². The lowest BCUT2D eigenvalue weighted by Gasteiger charge is -2.18. The van der Waals surface area contributed by atoms with Gasteiger partial charge in [0.25, 0.3) is 0 Å². The van der Waals surface area contributed by atoms with Crippen molar-refractivity contribution in [3.05, 3.63) is 72.9 Å². The Labute approximate surface area is 433 Å². The van der Waals surface area contributed by atoms with Crippen molar-refractivity contribution in [2.45, 2.75) is 303 Å². The molecule has 0 aliphatic rings. The van der Waals surface area contributed by atoms with Crippen LogP contribution in [0.1, 0.15) is 297 Å². The molecule has 6 heteroatoms. The van der Waals surface area contributed by atoms with E-state index in [1.807, 2.05) is 0 Å². The third-order valence-corrected chi connectivity index (χ3v) is 12.9. The van der Waals surface area contributed by atoms with Gasteiger partial charge in [-0.3, -0.25) is 14.4 Å². The molecule has 404 valence electrons. The number of rotatable bonds is 54. The minimum absolute atomic E-state index is 0.0795. The van der Waals surface area contributed by atoms with Crippen molar-refractivity contribution >= 4 is 17.9 Å². The molecule has 0 aliphatic heterocycles. The highest BCUT2D eigenvalue weighted by molar-refractivity contribution is 5.71. The quantitative estimate of drug-likeness (QED) is 0.0261. The Balaban J connectivity index is 4.33. The Kier molecular flexibility index (Phi) is 55.8. The molecule has 1 unspecified atom stereocenters. The second kappa shape index (κ2) is 58.4. The average molecular weight is 978 g/mol. The van der Waals surface area contributed by atoms with Gasteiger partial charge in [-0.05, 0) is 89.9 Å². The molecule has 0 aliphatic carbocycles. The van der Waals surface area contributed by atoms with Crippen LogP contribution in [0, 0.1) is 0 Å². The zero-order valence-corrected chi connectivity index (χ0v) is 46.3. The fraction of sp³-hybridized carbons (Fsp3) is 0.766. The first-order valence-electron chi connectivity index (χ1n) is 29.9. The van der Waals surface area contributed by atoms with Crippen LogP contribution in [0.25, 0.3) is 0 Å². The largest absolute Gasteiger partial charge is 0.462 e. The van der Waals surface area contributed by atoms with Crippen LogP contribution in [0.15, 0.2) is 72.9 Å². The Hall–Kier alpha value is -3.15. The van der Waals surface area contributed by atoms with Crippen LogP contribution in [0.4, 0.5) is 0 Å². The van der Waals surface area contributed by atoms with E-state index in [9.17, 15) is 14.4 Å². The molecule has 70 heavy (non-hydrogen) atoms. The van der Waals surface area contributed by atoms with E-state index in [-0.39, 0.29) is 31.1 Å². The molecule has 0 spiro atoms. The van der Waals surface area contributed by atoms with Gasteiger partial charge in [0.1, 0.15) is 13.2 Å². The minimum Gasteiger partial charge on any atom is -0.462 e. The van der Waals surface area contributed by atoms with Crippen LogP contribution in [0.3, 0.4) is 0 Å². The molecule has 0 amide bonds. The number of carbonyl (C=O) groups excluding carboxylic acids is 3. The van der Waals surface area contributed by atoms with Gasteiger partial charge in [0.15, 0.2) is 6.10 Å². The van der Waals surface area contributed by atoms with E-state index in [4.69, 9.17) is 14.2 Å². The maximum atomic E-state index is 12.9. The summed E-state index contributed by atoms with van der Waals surface area (Å²) in [5.74, 6) is -0.886. The minimum atomic E-state index is -0.783. The highest BCUT2D eigenvalue weighted by Crippen LogP contribution is 2.16. The molecule has 0 aromatic carbocycles. The van der Waals surface area contributed by atoms with Crippen molar-refractivity contribution in [2.75, 3.05) is 13.2 Å². The Morgan fingerprint density at radius 1 is 0.300 bits per heavy atom. The van der Waals surface area contributed by atoms with Crippen LogP contribution in [0.2, 0.25) is 0 Å². The molecule has 0 bridgehead atoms. The summed E-state index contributed by atoms with van der Waals surface area (Å²) in [5.41, 5.74) is 0. The van der Waals surface area contributed by atoms with Crippen LogP contribution < -0.4 is 0 Å². The first-order valence-corrected chi connectivity index (χ1v) is 29.9. The highest BCUT2D eigenvalue weighted by atomic mass is 16.6. The zero-order valence-electron chi connectivity index (χ0n) is 46.3. The lowest BCUT2D eigenvalue weighted by Crippen LogP contribution is -2.30.